The van der Waals surface area contributed by atoms with Gasteiger partial charge in [-0.2, -0.15) is 0 Å². The van der Waals surface area contributed by atoms with Crippen LogP contribution in [0.15, 0.2) is 27.4 Å². The van der Waals surface area contributed by atoms with Crippen LogP contribution in [0, 0.1) is 5.92 Å². The maximum Gasteiger partial charge on any atom is 0.419 e. The molecule has 0 aliphatic heterocycles. The Labute approximate surface area is 105 Å². The molecule has 0 radical (unpaired) electrons. The maximum absolute atomic E-state index is 12.1. The average Bonchev–Trinajstić information content (AvgIpc) is 2.70. The number of aromatic nitrogens is 1. The van der Waals surface area contributed by atoms with E-state index in [1.54, 1.807) is 22.8 Å². The number of benzene rings is 1. The van der Waals surface area contributed by atoms with Gasteiger partial charge in [-0.25, -0.2) is 4.79 Å². The van der Waals surface area contributed by atoms with E-state index in [1.807, 2.05) is 20.8 Å². The second-order valence-electron chi connectivity index (χ2n) is 4.47. The van der Waals surface area contributed by atoms with Gasteiger partial charge < -0.3 is 4.42 Å². The molecule has 96 valence electrons. The standard InChI is InChI=1S/C14H17NO3/c1-4-9(3)13(16)10-6-7-11-12(8-10)18-14(17)15(11)5-2/h6-9H,4-5H2,1-3H3. The molecule has 1 aromatic heterocycles. The summed E-state index contributed by atoms with van der Waals surface area (Å²) < 4.78 is 6.70. The number of rotatable bonds is 4. The summed E-state index contributed by atoms with van der Waals surface area (Å²) in [6.07, 6.45) is 0.802. The smallest absolute Gasteiger partial charge is 0.408 e. The fourth-order valence-corrected chi connectivity index (χ4v) is 1.99. The number of hydrogen-bond donors (Lipinski definition) is 0. The summed E-state index contributed by atoms with van der Waals surface area (Å²) in [4.78, 5) is 23.6. The van der Waals surface area contributed by atoms with Crippen LogP contribution in [0.3, 0.4) is 0 Å². The predicted molar refractivity (Wildman–Crippen MR) is 69.9 cm³/mol. The van der Waals surface area contributed by atoms with Crippen molar-refractivity contribution in [2.75, 3.05) is 0 Å². The molecular formula is C14H17NO3. The summed E-state index contributed by atoms with van der Waals surface area (Å²) >= 11 is 0. The number of hydrogen-bond acceptors (Lipinski definition) is 3. The van der Waals surface area contributed by atoms with Gasteiger partial charge in [0.15, 0.2) is 11.4 Å². The van der Waals surface area contributed by atoms with Crippen LogP contribution < -0.4 is 5.76 Å². The van der Waals surface area contributed by atoms with E-state index in [0.717, 1.165) is 11.9 Å². The van der Waals surface area contributed by atoms with Crippen molar-refractivity contribution in [2.45, 2.75) is 33.7 Å². The van der Waals surface area contributed by atoms with E-state index < -0.39 is 0 Å². The van der Waals surface area contributed by atoms with Crippen molar-refractivity contribution in [1.82, 2.24) is 4.57 Å². The monoisotopic (exact) mass is 247 g/mol. The molecule has 0 aliphatic carbocycles. The van der Waals surface area contributed by atoms with E-state index >= 15 is 0 Å². The first-order chi connectivity index (χ1) is 8.58. The Hall–Kier alpha value is -1.84. The molecule has 18 heavy (non-hydrogen) atoms. The molecule has 1 heterocycles. The molecule has 4 heteroatoms. The van der Waals surface area contributed by atoms with Crippen molar-refractivity contribution in [3.8, 4) is 0 Å². The van der Waals surface area contributed by atoms with Gasteiger partial charge in [0.05, 0.1) is 5.52 Å². The summed E-state index contributed by atoms with van der Waals surface area (Å²) in [5.74, 6) is -0.297. The van der Waals surface area contributed by atoms with E-state index in [-0.39, 0.29) is 17.5 Å². The molecule has 0 saturated carbocycles. The molecular weight excluding hydrogens is 230 g/mol. The van der Waals surface area contributed by atoms with Crippen LogP contribution in [-0.2, 0) is 6.54 Å². The van der Waals surface area contributed by atoms with E-state index in [1.165, 1.54) is 0 Å². The molecule has 0 saturated heterocycles. The highest BCUT2D eigenvalue weighted by molar-refractivity contribution is 5.99. The van der Waals surface area contributed by atoms with Crippen molar-refractivity contribution in [2.24, 2.45) is 5.92 Å². The van der Waals surface area contributed by atoms with E-state index in [2.05, 4.69) is 0 Å². The zero-order chi connectivity index (χ0) is 13.3. The van der Waals surface area contributed by atoms with Crippen molar-refractivity contribution in [1.29, 1.82) is 0 Å². The number of carbonyl (C=O) groups excluding carboxylic acids is 1. The van der Waals surface area contributed by atoms with Crippen LogP contribution in [0.2, 0.25) is 0 Å². The van der Waals surface area contributed by atoms with E-state index in [4.69, 9.17) is 4.42 Å². The average molecular weight is 247 g/mol. The highest BCUT2D eigenvalue weighted by Gasteiger charge is 2.15. The number of nitrogens with zero attached hydrogens (tertiary/aromatic N) is 1. The lowest BCUT2D eigenvalue weighted by molar-refractivity contribution is 0.0927. The third-order valence-electron chi connectivity index (χ3n) is 3.33. The van der Waals surface area contributed by atoms with Gasteiger partial charge in [0.2, 0.25) is 0 Å². The van der Waals surface area contributed by atoms with Gasteiger partial charge in [-0.15, -0.1) is 0 Å². The molecule has 2 rings (SSSR count). The maximum atomic E-state index is 12.1. The fraction of sp³-hybridized carbons (Fsp3) is 0.429. The number of aryl methyl sites for hydroxylation is 1. The van der Waals surface area contributed by atoms with Gasteiger partial charge in [0, 0.05) is 18.0 Å². The number of fused-ring (bicyclic) bond motifs is 1. The lowest BCUT2D eigenvalue weighted by Gasteiger charge is -2.06. The van der Waals surface area contributed by atoms with E-state index in [0.29, 0.717) is 17.7 Å². The number of Topliss-reactive ketones (excluding diaryl/α,β-unsaturated/α-hetero) is 1. The number of carbonyl (C=O) groups is 1. The van der Waals surface area contributed by atoms with Crippen molar-refractivity contribution < 1.29 is 9.21 Å². The Balaban J connectivity index is 2.52. The predicted octanol–water partition coefficient (Wildman–Crippen LogP) is 2.84. The largest absolute Gasteiger partial charge is 0.419 e. The first-order valence-electron chi connectivity index (χ1n) is 6.26. The Bertz CT molecular complexity index is 636. The first kappa shape index (κ1) is 12.6. The third kappa shape index (κ3) is 1.98. The summed E-state index contributed by atoms with van der Waals surface area (Å²) in [5.41, 5.74) is 1.83. The fourth-order valence-electron chi connectivity index (χ4n) is 1.99. The topological polar surface area (TPSA) is 52.2 Å². The number of oxazole rings is 1. The summed E-state index contributed by atoms with van der Waals surface area (Å²) in [7, 11) is 0. The minimum absolute atomic E-state index is 0.0116. The second kappa shape index (κ2) is 4.80. The molecule has 0 aliphatic rings. The van der Waals surface area contributed by atoms with Crippen LogP contribution in [0.4, 0.5) is 0 Å². The van der Waals surface area contributed by atoms with Gasteiger partial charge in [-0.1, -0.05) is 13.8 Å². The lowest BCUT2D eigenvalue weighted by Crippen LogP contribution is -2.12. The molecule has 0 N–H and O–H groups in total. The molecule has 0 amide bonds. The summed E-state index contributed by atoms with van der Waals surface area (Å²) in [5, 5.41) is 0. The minimum Gasteiger partial charge on any atom is -0.408 e. The molecule has 0 bridgehead atoms. The normalized spacial score (nSPS) is 12.8. The molecule has 2 aromatic rings. The van der Waals surface area contributed by atoms with Gasteiger partial charge in [-0.3, -0.25) is 9.36 Å². The van der Waals surface area contributed by atoms with Gasteiger partial charge in [-0.05, 0) is 31.5 Å². The quantitative estimate of drug-likeness (QED) is 0.780. The molecule has 1 unspecified atom stereocenters. The zero-order valence-electron chi connectivity index (χ0n) is 10.9. The second-order valence-corrected chi connectivity index (χ2v) is 4.47. The first-order valence-corrected chi connectivity index (χ1v) is 6.26. The molecule has 1 atom stereocenters. The SMILES string of the molecule is CCC(C)C(=O)c1ccc2c(c1)oc(=O)n2CC. The van der Waals surface area contributed by atoms with Crippen LogP contribution in [0.5, 0.6) is 0 Å². The third-order valence-corrected chi connectivity index (χ3v) is 3.33. The van der Waals surface area contributed by atoms with Crippen LogP contribution >= 0.6 is 0 Å². The summed E-state index contributed by atoms with van der Waals surface area (Å²) in [6, 6.07) is 5.20. The minimum atomic E-state index is -0.374. The molecule has 1 aromatic carbocycles. The Morgan fingerprint density at radius 3 is 2.72 bits per heavy atom. The van der Waals surface area contributed by atoms with Gasteiger partial charge in [0.25, 0.3) is 0 Å². The molecule has 4 nitrogen and oxygen atoms in total. The van der Waals surface area contributed by atoms with Crippen molar-refractivity contribution in [3.05, 3.63) is 34.3 Å². The lowest BCUT2D eigenvalue weighted by atomic mass is 9.97. The van der Waals surface area contributed by atoms with E-state index in [9.17, 15) is 9.59 Å². The number of ketones is 1. The van der Waals surface area contributed by atoms with Gasteiger partial charge >= 0.3 is 5.76 Å². The zero-order valence-corrected chi connectivity index (χ0v) is 10.9. The Morgan fingerprint density at radius 1 is 1.39 bits per heavy atom. The van der Waals surface area contributed by atoms with Crippen molar-refractivity contribution in [3.63, 3.8) is 0 Å². The summed E-state index contributed by atoms with van der Waals surface area (Å²) in [6.45, 7) is 6.33. The van der Waals surface area contributed by atoms with Crippen molar-refractivity contribution >= 4 is 16.9 Å². The van der Waals surface area contributed by atoms with Crippen LogP contribution in [0.25, 0.3) is 11.1 Å². The molecule has 0 spiro atoms. The molecule has 0 fully saturated rings. The van der Waals surface area contributed by atoms with Crippen LogP contribution in [0.1, 0.15) is 37.6 Å². The highest BCUT2D eigenvalue weighted by Crippen LogP contribution is 2.18. The van der Waals surface area contributed by atoms with Gasteiger partial charge in [0.1, 0.15) is 0 Å². The Morgan fingerprint density at radius 2 is 2.11 bits per heavy atom. The Kier molecular flexibility index (Phi) is 3.36. The van der Waals surface area contributed by atoms with Crippen LogP contribution in [-0.4, -0.2) is 10.4 Å². The highest BCUT2D eigenvalue weighted by atomic mass is 16.4.